The summed E-state index contributed by atoms with van der Waals surface area (Å²) in [5, 5.41) is 15.4. The highest BCUT2D eigenvalue weighted by Gasteiger charge is 2.38. The number of aromatic nitrogens is 2. The van der Waals surface area contributed by atoms with Gasteiger partial charge in [-0.15, -0.1) is 0 Å². The van der Waals surface area contributed by atoms with Crippen molar-refractivity contribution in [2.24, 2.45) is 0 Å². The van der Waals surface area contributed by atoms with Gasteiger partial charge in [-0.25, -0.2) is 0 Å². The largest absolute Gasteiger partial charge is 0.309 e. The van der Waals surface area contributed by atoms with Crippen molar-refractivity contribution in [3.63, 3.8) is 0 Å². The molecule has 0 aliphatic carbocycles. The van der Waals surface area contributed by atoms with E-state index in [1.165, 1.54) is 0 Å². The van der Waals surface area contributed by atoms with E-state index in [1.54, 1.807) is 0 Å². The van der Waals surface area contributed by atoms with Crippen LogP contribution in [0.1, 0.15) is 0 Å². The Morgan fingerprint density at radius 2 is 0.971 bits per heavy atom. The molecule has 0 saturated carbocycles. The zero-order chi connectivity index (χ0) is 22.7. The minimum Gasteiger partial charge on any atom is -0.309 e. The van der Waals surface area contributed by atoms with Crippen molar-refractivity contribution in [1.82, 2.24) is 10.2 Å². The van der Waals surface area contributed by atoms with Gasteiger partial charge >= 0.3 is 0 Å². The Hall–Kier alpha value is -4.07. The van der Waals surface area contributed by atoms with E-state index in [9.17, 15) is 0 Å². The van der Waals surface area contributed by atoms with E-state index < -0.39 is 7.14 Å². The van der Waals surface area contributed by atoms with Crippen LogP contribution in [-0.2, 0) is 4.57 Å². The Morgan fingerprint density at radius 1 is 0.471 bits per heavy atom. The van der Waals surface area contributed by atoms with Gasteiger partial charge in [0.2, 0.25) is 0 Å². The molecule has 1 unspecified atom stereocenters. The zero-order valence-electron chi connectivity index (χ0n) is 18.2. The molecular weight excluding hydrogens is 435 g/mol. The van der Waals surface area contributed by atoms with Crippen LogP contribution in [0.5, 0.6) is 0 Å². The van der Waals surface area contributed by atoms with Crippen LogP contribution in [0.2, 0.25) is 0 Å². The minimum absolute atomic E-state index is 0.844. The van der Waals surface area contributed by atoms with Crippen molar-refractivity contribution in [3.05, 3.63) is 116 Å². The second-order valence-corrected chi connectivity index (χ2v) is 11.3. The maximum atomic E-state index is 15.4. The highest BCUT2D eigenvalue weighted by molar-refractivity contribution is 7.85. The molecule has 1 aromatic heterocycles. The van der Waals surface area contributed by atoms with Crippen molar-refractivity contribution < 1.29 is 4.57 Å². The quantitative estimate of drug-likeness (QED) is 0.223. The summed E-state index contributed by atoms with van der Waals surface area (Å²) in [6.07, 6.45) is 3.69. The first-order valence-corrected chi connectivity index (χ1v) is 13.0. The fraction of sp³-hybridized carbons (Fsp3) is 0. The molecule has 1 aliphatic heterocycles. The van der Waals surface area contributed by atoms with Crippen LogP contribution in [0.3, 0.4) is 0 Å². The van der Waals surface area contributed by atoms with Gasteiger partial charge in [0.05, 0.1) is 12.4 Å². The normalized spacial score (nSPS) is 16.5. The molecule has 0 spiro atoms. The fourth-order valence-corrected chi connectivity index (χ4v) is 8.52. The number of nitrogens with zero attached hydrogens (tertiary/aromatic N) is 2. The Bertz CT molecular complexity index is 1680. The smallest absolute Gasteiger partial charge is 0.172 e. The van der Waals surface area contributed by atoms with Crippen LogP contribution in [0, 0.1) is 0 Å². The summed E-state index contributed by atoms with van der Waals surface area (Å²) in [6.45, 7) is 0. The lowest BCUT2D eigenvalue weighted by Gasteiger charge is -2.22. The Balaban J connectivity index is 1.80. The second kappa shape index (κ2) is 7.21. The number of benzene rings is 5. The molecule has 0 amide bonds. The minimum atomic E-state index is -3.16. The van der Waals surface area contributed by atoms with Crippen LogP contribution in [0.15, 0.2) is 116 Å². The van der Waals surface area contributed by atoms with Crippen LogP contribution >= 0.6 is 7.14 Å². The Morgan fingerprint density at radius 3 is 1.65 bits per heavy atom. The predicted octanol–water partition coefficient (Wildman–Crippen LogP) is 6.07. The Labute approximate surface area is 197 Å². The third-order valence-corrected chi connectivity index (χ3v) is 10.0. The number of rotatable bonds is 1. The van der Waals surface area contributed by atoms with Gasteiger partial charge in [0.1, 0.15) is 0 Å². The molecule has 0 N–H and O–H groups in total. The Kier molecular flexibility index (Phi) is 4.12. The molecular formula is C30H19N2OP. The molecule has 3 nitrogen and oxygen atoms in total. The molecule has 0 fully saturated rings. The highest BCUT2D eigenvalue weighted by atomic mass is 31.2. The van der Waals surface area contributed by atoms with E-state index in [1.807, 2.05) is 79.1 Å². The molecule has 0 radical (unpaired) electrons. The van der Waals surface area contributed by atoms with Gasteiger partial charge in [0.15, 0.2) is 7.14 Å². The van der Waals surface area contributed by atoms with E-state index in [4.69, 9.17) is 0 Å². The van der Waals surface area contributed by atoms with Crippen molar-refractivity contribution in [3.8, 4) is 22.3 Å². The summed E-state index contributed by atoms with van der Waals surface area (Å²) in [6, 6.07) is 34.7. The topological polar surface area (TPSA) is 42.9 Å². The maximum absolute atomic E-state index is 15.4. The van der Waals surface area contributed by atoms with Gasteiger partial charge in [-0.05, 0) is 27.5 Å². The van der Waals surface area contributed by atoms with Gasteiger partial charge in [0, 0.05) is 32.2 Å². The SMILES string of the molecule is O=P1(c2ccccc2)c2ccccc2-c2c(c3cnncc3c3ccccc23)-c2ccccc21. The van der Waals surface area contributed by atoms with Crippen LogP contribution in [0.4, 0.5) is 0 Å². The van der Waals surface area contributed by atoms with Gasteiger partial charge in [-0.3, -0.25) is 0 Å². The van der Waals surface area contributed by atoms with Crippen molar-refractivity contribution >= 4 is 44.6 Å². The van der Waals surface area contributed by atoms with Crippen LogP contribution in [-0.4, -0.2) is 10.2 Å². The molecule has 4 heteroatoms. The zero-order valence-corrected chi connectivity index (χ0v) is 19.1. The average molecular weight is 454 g/mol. The highest BCUT2D eigenvalue weighted by Crippen LogP contribution is 2.54. The summed E-state index contributed by atoms with van der Waals surface area (Å²) in [4.78, 5) is 0. The molecule has 7 rings (SSSR count). The molecule has 1 atom stereocenters. The summed E-state index contributed by atoms with van der Waals surface area (Å²) in [7, 11) is -3.16. The van der Waals surface area contributed by atoms with Gasteiger partial charge < -0.3 is 4.57 Å². The molecule has 2 heterocycles. The molecule has 34 heavy (non-hydrogen) atoms. The standard InChI is InChI=1S/C30H19N2OP/c33-34(20-10-2-1-3-11-20)27-16-8-6-14-23(27)29-22-13-5-4-12-21(22)25-18-31-32-19-26(25)30(29)24-15-7-9-17-28(24)34/h1-19H. The summed E-state index contributed by atoms with van der Waals surface area (Å²) in [5.74, 6) is 0. The van der Waals surface area contributed by atoms with E-state index in [2.05, 4.69) is 46.6 Å². The first-order chi connectivity index (χ1) is 16.8. The van der Waals surface area contributed by atoms with E-state index in [0.717, 1.165) is 59.7 Å². The monoisotopic (exact) mass is 454 g/mol. The first-order valence-electron chi connectivity index (χ1n) is 11.3. The lowest BCUT2D eigenvalue weighted by atomic mass is 9.86. The maximum Gasteiger partial charge on any atom is 0.172 e. The molecule has 5 aromatic carbocycles. The third-order valence-electron chi connectivity index (χ3n) is 6.88. The van der Waals surface area contributed by atoms with Crippen molar-refractivity contribution in [2.75, 3.05) is 0 Å². The second-order valence-electron chi connectivity index (χ2n) is 8.59. The molecule has 0 bridgehead atoms. The molecule has 0 saturated heterocycles. The van der Waals surface area contributed by atoms with Crippen LogP contribution < -0.4 is 15.9 Å². The predicted molar refractivity (Wildman–Crippen MR) is 141 cm³/mol. The number of hydrogen-bond acceptors (Lipinski definition) is 3. The number of hydrogen-bond donors (Lipinski definition) is 0. The van der Waals surface area contributed by atoms with Crippen LogP contribution in [0.25, 0.3) is 43.8 Å². The van der Waals surface area contributed by atoms with E-state index in [-0.39, 0.29) is 0 Å². The lowest BCUT2D eigenvalue weighted by molar-refractivity contribution is 0.592. The van der Waals surface area contributed by atoms with Gasteiger partial charge in [-0.2, -0.15) is 10.2 Å². The molecule has 160 valence electrons. The summed E-state index contributed by atoms with van der Waals surface area (Å²) < 4.78 is 15.4. The fourth-order valence-electron chi connectivity index (χ4n) is 5.47. The third kappa shape index (κ3) is 2.50. The summed E-state index contributed by atoms with van der Waals surface area (Å²) in [5.41, 5.74) is 4.17. The summed E-state index contributed by atoms with van der Waals surface area (Å²) >= 11 is 0. The molecule has 1 aliphatic rings. The van der Waals surface area contributed by atoms with Crippen molar-refractivity contribution in [1.29, 1.82) is 0 Å². The van der Waals surface area contributed by atoms with Gasteiger partial charge in [-0.1, -0.05) is 103 Å². The van der Waals surface area contributed by atoms with E-state index >= 15 is 4.57 Å². The number of fused-ring (bicyclic) bond motifs is 10. The van der Waals surface area contributed by atoms with Gasteiger partial charge in [0.25, 0.3) is 0 Å². The lowest BCUT2D eigenvalue weighted by Crippen LogP contribution is -2.26. The van der Waals surface area contributed by atoms with E-state index in [0.29, 0.717) is 0 Å². The molecule has 6 aromatic rings. The first kappa shape index (κ1) is 19.4. The van der Waals surface area contributed by atoms with Crippen molar-refractivity contribution in [2.45, 2.75) is 0 Å². The average Bonchev–Trinajstić information content (AvgIpc) is 3.02.